The van der Waals surface area contributed by atoms with Gasteiger partial charge in [0, 0.05) is 4.91 Å². The molecule has 0 radical (unpaired) electrons. The summed E-state index contributed by atoms with van der Waals surface area (Å²) < 4.78 is 5.21. The molecular weight excluding hydrogens is 156 g/mol. The summed E-state index contributed by atoms with van der Waals surface area (Å²) in [5.41, 5.74) is 8.27. The lowest BCUT2D eigenvalue weighted by Gasteiger charge is -2.08. The molecule has 1 atom stereocenters. The van der Waals surface area contributed by atoms with Crippen LogP contribution in [0.2, 0.25) is 0 Å². The Morgan fingerprint density at radius 3 is 3.17 bits per heavy atom. The predicted octanol–water partition coefficient (Wildman–Crippen LogP) is 1.89. The number of rotatable bonds is 4. The van der Waals surface area contributed by atoms with Gasteiger partial charge in [-0.15, -0.1) is 0 Å². The molecule has 1 aliphatic heterocycles. The molecule has 1 aliphatic rings. The Morgan fingerprint density at radius 1 is 1.83 bits per heavy atom. The van der Waals surface area contributed by atoms with Crippen LogP contribution in [0.4, 0.5) is 0 Å². The molecule has 0 amide bonds. The molecule has 0 aromatic heterocycles. The van der Waals surface area contributed by atoms with Crippen molar-refractivity contribution in [1.82, 2.24) is 0 Å². The quantitative estimate of drug-likeness (QED) is 0.359. The van der Waals surface area contributed by atoms with E-state index in [0.29, 0.717) is 19.0 Å². The van der Waals surface area contributed by atoms with E-state index in [1.54, 1.807) is 0 Å². The summed E-state index contributed by atoms with van der Waals surface area (Å²) in [5, 5.41) is 3.62. The van der Waals surface area contributed by atoms with E-state index in [9.17, 15) is 0 Å². The van der Waals surface area contributed by atoms with Gasteiger partial charge in [-0.1, -0.05) is 18.5 Å². The molecule has 12 heavy (non-hydrogen) atoms. The topological polar surface area (TPSA) is 70.4 Å². The molecule has 0 N–H and O–H groups in total. The van der Waals surface area contributed by atoms with Crippen LogP contribution in [0.3, 0.4) is 0 Å². The number of hydrogen-bond donors (Lipinski definition) is 0. The van der Waals surface area contributed by atoms with Crippen LogP contribution >= 0.6 is 0 Å². The third kappa shape index (κ3) is 2.13. The first-order valence-corrected chi connectivity index (χ1v) is 4.09. The molecule has 0 saturated heterocycles. The van der Waals surface area contributed by atoms with Gasteiger partial charge < -0.3 is 4.74 Å². The zero-order valence-corrected chi connectivity index (χ0v) is 7.10. The van der Waals surface area contributed by atoms with E-state index in [1.165, 1.54) is 0 Å². The van der Waals surface area contributed by atoms with Crippen LogP contribution in [0, 0.1) is 0 Å². The van der Waals surface area contributed by atoms with Crippen LogP contribution in [0.25, 0.3) is 10.4 Å². The first-order chi connectivity index (χ1) is 5.88. The highest BCUT2D eigenvalue weighted by molar-refractivity contribution is 5.83. The van der Waals surface area contributed by atoms with E-state index in [0.717, 1.165) is 12.8 Å². The summed E-state index contributed by atoms with van der Waals surface area (Å²) in [4.78, 5) is 6.87. The second kappa shape index (κ2) is 4.62. The Hall–Kier alpha value is -1.22. The SMILES string of the molecule is CCCC(N=[N+]=[N-])C1=NCCO1. The van der Waals surface area contributed by atoms with Gasteiger partial charge in [0.05, 0.1) is 6.54 Å². The fourth-order valence-electron chi connectivity index (χ4n) is 1.12. The Labute approximate surface area is 71.1 Å². The predicted molar refractivity (Wildman–Crippen MR) is 46.1 cm³/mol. The lowest BCUT2D eigenvalue weighted by Crippen LogP contribution is -2.17. The highest BCUT2D eigenvalue weighted by atomic mass is 16.5. The maximum atomic E-state index is 8.27. The average molecular weight is 168 g/mol. The van der Waals surface area contributed by atoms with E-state index in [4.69, 9.17) is 10.3 Å². The van der Waals surface area contributed by atoms with Crippen molar-refractivity contribution in [1.29, 1.82) is 0 Å². The van der Waals surface area contributed by atoms with Gasteiger partial charge in [0.1, 0.15) is 12.6 Å². The highest BCUT2D eigenvalue weighted by Crippen LogP contribution is 2.09. The van der Waals surface area contributed by atoms with Crippen molar-refractivity contribution < 1.29 is 4.74 Å². The Bertz CT molecular complexity index is 219. The van der Waals surface area contributed by atoms with Crippen molar-refractivity contribution >= 4 is 5.90 Å². The third-order valence-corrected chi connectivity index (χ3v) is 1.65. The van der Waals surface area contributed by atoms with Crippen molar-refractivity contribution in [3.63, 3.8) is 0 Å². The molecule has 0 aromatic carbocycles. The number of nitrogens with zero attached hydrogens (tertiary/aromatic N) is 4. The Balaban J connectivity index is 2.57. The van der Waals surface area contributed by atoms with Crippen LogP contribution in [0.15, 0.2) is 10.1 Å². The Kier molecular flexibility index (Phi) is 3.41. The lowest BCUT2D eigenvalue weighted by molar-refractivity contribution is 0.330. The number of azide groups is 1. The standard InChI is InChI=1S/C7H12N4O/c1-2-3-6(10-11-8)7-9-4-5-12-7/h6H,2-5H2,1H3. The van der Waals surface area contributed by atoms with Gasteiger partial charge in [-0.2, -0.15) is 0 Å². The smallest absolute Gasteiger partial charge is 0.192 e. The fourth-order valence-corrected chi connectivity index (χ4v) is 1.12. The first-order valence-electron chi connectivity index (χ1n) is 4.09. The average Bonchev–Trinajstić information content (AvgIpc) is 2.56. The zero-order valence-electron chi connectivity index (χ0n) is 7.10. The molecule has 0 spiro atoms. The van der Waals surface area contributed by atoms with Crippen LogP contribution in [0.1, 0.15) is 19.8 Å². The van der Waals surface area contributed by atoms with Crippen LogP contribution < -0.4 is 0 Å². The summed E-state index contributed by atoms with van der Waals surface area (Å²) >= 11 is 0. The fraction of sp³-hybridized carbons (Fsp3) is 0.857. The molecule has 1 heterocycles. The van der Waals surface area contributed by atoms with Gasteiger partial charge in [0.25, 0.3) is 0 Å². The second-order valence-electron chi connectivity index (χ2n) is 2.58. The largest absolute Gasteiger partial charge is 0.479 e. The highest BCUT2D eigenvalue weighted by Gasteiger charge is 2.17. The molecule has 1 unspecified atom stereocenters. The zero-order chi connectivity index (χ0) is 8.81. The van der Waals surface area contributed by atoms with E-state index >= 15 is 0 Å². The maximum Gasteiger partial charge on any atom is 0.192 e. The summed E-state index contributed by atoms with van der Waals surface area (Å²) in [5.74, 6) is 0.606. The molecule has 0 aliphatic carbocycles. The van der Waals surface area contributed by atoms with Gasteiger partial charge in [-0.25, -0.2) is 0 Å². The molecule has 0 bridgehead atoms. The maximum absolute atomic E-state index is 8.27. The summed E-state index contributed by atoms with van der Waals surface area (Å²) in [7, 11) is 0. The van der Waals surface area contributed by atoms with Crippen LogP contribution in [-0.2, 0) is 4.74 Å². The minimum absolute atomic E-state index is 0.192. The van der Waals surface area contributed by atoms with Crippen molar-refractivity contribution in [3.05, 3.63) is 10.4 Å². The van der Waals surface area contributed by atoms with Crippen molar-refractivity contribution in [2.45, 2.75) is 25.8 Å². The summed E-state index contributed by atoms with van der Waals surface area (Å²) in [6.07, 6.45) is 1.77. The minimum Gasteiger partial charge on any atom is -0.479 e. The molecule has 1 rings (SSSR count). The summed E-state index contributed by atoms with van der Waals surface area (Å²) in [6, 6.07) is -0.192. The third-order valence-electron chi connectivity index (χ3n) is 1.65. The van der Waals surface area contributed by atoms with Gasteiger partial charge in [0.2, 0.25) is 0 Å². The number of ether oxygens (including phenoxy) is 1. The van der Waals surface area contributed by atoms with Gasteiger partial charge in [-0.05, 0) is 12.0 Å². The van der Waals surface area contributed by atoms with E-state index in [-0.39, 0.29) is 6.04 Å². The van der Waals surface area contributed by atoms with Crippen LogP contribution in [-0.4, -0.2) is 25.1 Å². The summed E-state index contributed by atoms with van der Waals surface area (Å²) in [6.45, 7) is 3.35. The number of hydrogen-bond acceptors (Lipinski definition) is 3. The van der Waals surface area contributed by atoms with E-state index in [1.807, 2.05) is 6.92 Å². The van der Waals surface area contributed by atoms with Gasteiger partial charge >= 0.3 is 0 Å². The van der Waals surface area contributed by atoms with E-state index < -0.39 is 0 Å². The molecular formula is C7H12N4O. The normalized spacial score (nSPS) is 17.6. The number of aliphatic imine (C=N–C) groups is 1. The van der Waals surface area contributed by atoms with Gasteiger partial charge in [0.15, 0.2) is 5.90 Å². The van der Waals surface area contributed by atoms with E-state index in [2.05, 4.69) is 15.0 Å². The van der Waals surface area contributed by atoms with Gasteiger partial charge in [-0.3, -0.25) is 4.99 Å². The molecule has 0 fully saturated rings. The Morgan fingerprint density at radius 2 is 2.67 bits per heavy atom. The monoisotopic (exact) mass is 168 g/mol. The van der Waals surface area contributed by atoms with Crippen molar-refractivity contribution in [2.24, 2.45) is 10.1 Å². The molecule has 0 saturated carbocycles. The molecule has 66 valence electrons. The minimum atomic E-state index is -0.192. The lowest BCUT2D eigenvalue weighted by atomic mass is 10.2. The van der Waals surface area contributed by atoms with Crippen molar-refractivity contribution in [2.75, 3.05) is 13.2 Å². The molecule has 0 aromatic rings. The van der Waals surface area contributed by atoms with Crippen LogP contribution in [0.5, 0.6) is 0 Å². The molecule has 5 heteroatoms. The first kappa shape index (κ1) is 8.87. The second-order valence-corrected chi connectivity index (χ2v) is 2.58. The molecule has 5 nitrogen and oxygen atoms in total. The van der Waals surface area contributed by atoms with Crippen molar-refractivity contribution in [3.8, 4) is 0 Å².